The molecule has 5 nitrogen and oxygen atoms in total. The molecule has 0 aliphatic carbocycles. The van der Waals surface area contributed by atoms with Crippen molar-refractivity contribution in [3.63, 3.8) is 0 Å². The van der Waals surface area contributed by atoms with E-state index in [1.165, 1.54) is 17.0 Å². The number of hydrogen-bond acceptors (Lipinski definition) is 4. The van der Waals surface area contributed by atoms with E-state index in [0.29, 0.717) is 17.7 Å². The Morgan fingerprint density at radius 3 is 2.71 bits per heavy atom. The van der Waals surface area contributed by atoms with Crippen molar-refractivity contribution in [3.05, 3.63) is 64.1 Å². The van der Waals surface area contributed by atoms with Gasteiger partial charge in [0.25, 0.3) is 0 Å². The third-order valence-electron chi connectivity index (χ3n) is 2.88. The lowest BCUT2D eigenvalue weighted by molar-refractivity contribution is 0.104. The number of carbonyl (C=O) groups is 1. The highest BCUT2D eigenvalue weighted by atomic mass is 16.5. The largest absolute Gasteiger partial charge is 0.488 e. The molecule has 0 atom stereocenters. The zero-order valence-electron chi connectivity index (χ0n) is 11.9. The predicted molar refractivity (Wildman–Crippen MR) is 80.5 cm³/mol. The van der Waals surface area contributed by atoms with Crippen LogP contribution in [0.2, 0.25) is 0 Å². The highest BCUT2D eigenvalue weighted by Crippen LogP contribution is 2.14. The first-order chi connectivity index (χ1) is 10.1. The van der Waals surface area contributed by atoms with Gasteiger partial charge in [-0.15, -0.1) is 0 Å². The van der Waals surface area contributed by atoms with E-state index in [0.717, 1.165) is 0 Å². The second kappa shape index (κ2) is 6.65. The van der Waals surface area contributed by atoms with Gasteiger partial charge in [0.15, 0.2) is 11.5 Å². The van der Waals surface area contributed by atoms with Gasteiger partial charge in [0.1, 0.15) is 0 Å². The normalized spacial score (nSPS) is 10.8. The van der Waals surface area contributed by atoms with Crippen LogP contribution >= 0.6 is 0 Å². The molecule has 0 bridgehead atoms. The van der Waals surface area contributed by atoms with Crippen LogP contribution in [0.5, 0.6) is 5.75 Å². The van der Waals surface area contributed by atoms with Crippen molar-refractivity contribution in [2.24, 2.45) is 7.05 Å². The molecule has 1 heterocycles. The van der Waals surface area contributed by atoms with Crippen LogP contribution in [0.1, 0.15) is 22.8 Å². The average Bonchev–Trinajstić information content (AvgIpc) is 2.52. The minimum Gasteiger partial charge on any atom is -0.488 e. The molecule has 5 heteroatoms. The van der Waals surface area contributed by atoms with Gasteiger partial charge in [0, 0.05) is 18.2 Å². The van der Waals surface area contributed by atoms with E-state index in [9.17, 15) is 9.59 Å². The zero-order valence-corrected chi connectivity index (χ0v) is 11.9. The standard InChI is InChI=1S/C16H16N2O3/c1-3-21-15-13(11-17-18(2)16(15)20)9-10-14(19)12-7-5-4-6-8-12/h4-11H,3H2,1-2H3/b10-9+. The maximum atomic E-state index is 12.0. The molecular weight excluding hydrogens is 268 g/mol. The Morgan fingerprint density at radius 2 is 2.05 bits per heavy atom. The minimum atomic E-state index is -0.328. The van der Waals surface area contributed by atoms with Crippen molar-refractivity contribution in [3.8, 4) is 5.75 Å². The first-order valence-electron chi connectivity index (χ1n) is 6.60. The van der Waals surface area contributed by atoms with Gasteiger partial charge in [0.2, 0.25) is 0 Å². The monoisotopic (exact) mass is 284 g/mol. The quantitative estimate of drug-likeness (QED) is 0.623. The molecule has 0 saturated carbocycles. The Labute approximate surface area is 122 Å². The number of ketones is 1. The van der Waals surface area contributed by atoms with Gasteiger partial charge in [-0.25, -0.2) is 4.68 Å². The molecule has 0 spiro atoms. The number of carbonyl (C=O) groups excluding carboxylic acids is 1. The topological polar surface area (TPSA) is 61.2 Å². The van der Waals surface area contributed by atoms with E-state index >= 15 is 0 Å². The number of ether oxygens (including phenoxy) is 1. The molecular formula is C16H16N2O3. The SMILES string of the molecule is CCOc1c(/C=C/C(=O)c2ccccc2)cnn(C)c1=O. The van der Waals surface area contributed by atoms with Crippen molar-refractivity contribution in [2.75, 3.05) is 6.61 Å². The Morgan fingerprint density at radius 1 is 1.33 bits per heavy atom. The lowest BCUT2D eigenvalue weighted by Crippen LogP contribution is -2.22. The Bertz CT molecular complexity index is 718. The average molecular weight is 284 g/mol. The van der Waals surface area contributed by atoms with Crippen molar-refractivity contribution in [1.82, 2.24) is 9.78 Å². The van der Waals surface area contributed by atoms with Gasteiger partial charge >= 0.3 is 5.56 Å². The second-order valence-corrected chi connectivity index (χ2v) is 4.35. The number of rotatable bonds is 5. The molecule has 2 rings (SSSR count). The van der Waals surface area contributed by atoms with Crippen LogP contribution in [0.15, 0.2) is 47.4 Å². The maximum absolute atomic E-state index is 12.0. The summed E-state index contributed by atoms with van der Waals surface area (Å²) in [5.41, 5.74) is 0.749. The number of benzene rings is 1. The smallest absolute Gasteiger partial charge is 0.309 e. The van der Waals surface area contributed by atoms with E-state index in [1.54, 1.807) is 44.3 Å². The Kier molecular flexibility index (Phi) is 4.66. The summed E-state index contributed by atoms with van der Waals surface area (Å²) in [4.78, 5) is 24.0. The van der Waals surface area contributed by atoms with Crippen LogP contribution in [-0.4, -0.2) is 22.2 Å². The number of aromatic nitrogens is 2. The number of hydrogen-bond donors (Lipinski definition) is 0. The molecule has 108 valence electrons. The van der Waals surface area contributed by atoms with Crippen molar-refractivity contribution < 1.29 is 9.53 Å². The summed E-state index contributed by atoms with van der Waals surface area (Å²) in [6, 6.07) is 8.91. The van der Waals surface area contributed by atoms with Gasteiger partial charge in [-0.1, -0.05) is 30.3 Å². The minimum absolute atomic E-state index is 0.140. The van der Waals surface area contributed by atoms with E-state index < -0.39 is 0 Å². The van der Waals surface area contributed by atoms with Gasteiger partial charge < -0.3 is 4.74 Å². The highest BCUT2D eigenvalue weighted by Gasteiger charge is 2.09. The summed E-state index contributed by atoms with van der Waals surface area (Å²) in [5, 5.41) is 3.93. The van der Waals surface area contributed by atoms with Gasteiger partial charge in [-0.3, -0.25) is 9.59 Å². The van der Waals surface area contributed by atoms with Crippen LogP contribution in [0, 0.1) is 0 Å². The molecule has 0 radical (unpaired) electrons. The number of aryl methyl sites for hydroxylation is 1. The summed E-state index contributed by atoms with van der Waals surface area (Å²) < 4.78 is 6.55. The summed E-state index contributed by atoms with van der Waals surface area (Å²) in [6.07, 6.45) is 4.46. The molecule has 0 saturated heterocycles. The van der Waals surface area contributed by atoms with Crippen LogP contribution in [0.4, 0.5) is 0 Å². The zero-order chi connectivity index (χ0) is 15.2. The van der Waals surface area contributed by atoms with Crippen LogP contribution < -0.4 is 10.3 Å². The lowest BCUT2D eigenvalue weighted by Gasteiger charge is -2.07. The molecule has 1 aromatic heterocycles. The number of allylic oxidation sites excluding steroid dienone is 1. The summed E-state index contributed by atoms with van der Waals surface area (Å²) >= 11 is 0. The molecule has 0 amide bonds. The van der Waals surface area contributed by atoms with E-state index in [4.69, 9.17) is 4.74 Å². The molecule has 0 N–H and O–H groups in total. The predicted octanol–water partition coefficient (Wildman–Crippen LogP) is 2.08. The fraction of sp³-hybridized carbons (Fsp3) is 0.188. The molecule has 0 fully saturated rings. The van der Waals surface area contributed by atoms with Crippen LogP contribution in [0.25, 0.3) is 6.08 Å². The molecule has 21 heavy (non-hydrogen) atoms. The van der Waals surface area contributed by atoms with Gasteiger partial charge in [-0.2, -0.15) is 5.10 Å². The van der Waals surface area contributed by atoms with Crippen molar-refractivity contribution >= 4 is 11.9 Å². The van der Waals surface area contributed by atoms with E-state index in [-0.39, 0.29) is 17.1 Å². The summed E-state index contributed by atoms with van der Waals surface area (Å²) in [5.74, 6) is 0.0610. The maximum Gasteiger partial charge on any atom is 0.309 e. The Balaban J connectivity index is 2.31. The van der Waals surface area contributed by atoms with E-state index in [2.05, 4.69) is 5.10 Å². The van der Waals surface area contributed by atoms with Crippen LogP contribution in [0.3, 0.4) is 0 Å². The summed E-state index contributed by atoms with van der Waals surface area (Å²) in [7, 11) is 1.55. The first kappa shape index (κ1) is 14.7. The second-order valence-electron chi connectivity index (χ2n) is 4.35. The third-order valence-corrected chi connectivity index (χ3v) is 2.88. The first-order valence-corrected chi connectivity index (χ1v) is 6.60. The molecule has 1 aromatic carbocycles. The molecule has 2 aromatic rings. The Hall–Kier alpha value is -2.69. The summed E-state index contributed by atoms with van der Waals surface area (Å²) in [6.45, 7) is 2.16. The number of nitrogens with zero attached hydrogens (tertiary/aromatic N) is 2. The van der Waals surface area contributed by atoms with Crippen LogP contribution in [-0.2, 0) is 7.05 Å². The fourth-order valence-electron chi connectivity index (χ4n) is 1.80. The molecule has 0 unspecified atom stereocenters. The van der Waals surface area contributed by atoms with Gasteiger partial charge in [-0.05, 0) is 19.1 Å². The lowest BCUT2D eigenvalue weighted by atomic mass is 10.1. The van der Waals surface area contributed by atoms with Crippen molar-refractivity contribution in [1.29, 1.82) is 0 Å². The fourth-order valence-corrected chi connectivity index (χ4v) is 1.80. The van der Waals surface area contributed by atoms with Crippen molar-refractivity contribution in [2.45, 2.75) is 6.92 Å². The molecule has 0 aliphatic rings. The van der Waals surface area contributed by atoms with E-state index in [1.807, 2.05) is 6.07 Å². The third kappa shape index (κ3) is 3.45. The van der Waals surface area contributed by atoms with Gasteiger partial charge in [0.05, 0.1) is 12.8 Å². The highest BCUT2D eigenvalue weighted by molar-refractivity contribution is 6.06. The molecule has 0 aliphatic heterocycles.